The number of hydrogen-bond acceptors (Lipinski definition) is 7. The lowest BCUT2D eigenvalue weighted by atomic mass is 9.87. The molecule has 0 spiro atoms. The van der Waals surface area contributed by atoms with E-state index in [1.807, 2.05) is 0 Å². The van der Waals surface area contributed by atoms with E-state index in [0.29, 0.717) is 45.5 Å². The summed E-state index contributed by atoms with van der Waals surface area (Å²) in [5, 5.41) is 9.81. The van der Waals surface area contributed by atoms with Crippen LogP contribution >= 0.6 is 50.5 Å². The SMILES string of the molecule is O=C(O)C(Cc1cc(F)cc(F)c1)NS(=O)(=O)c1ccc(N2CCC(CCCC3CCN(S(=O)(=O)c4cc(Br)c(Cl)s4)CC3)CC2)c(Cl)c1. The second kappa shape index (κ2) is 16.2. The standard InChI is InChI=1S/C32H36BrCl2F2N3O6S3/c33-26-19-30(47-31(26)35)49(45,46)40-12-8-21(9-13-40)3-1-2-20-6-10-39(11-7-20)29-5-4-25(18-27(29)34)48(43,44)38-28(32(41)42)16-22-14-23(36)17-24(37)15-22/h4-5,14-15,17-21,28,38H,1-3,6-13,16H2,(H,41,42). The van der Waals surface area contributed by atoms with Crippen molar-refractivity contribution in [2.24, 2.45) is 11.8 Å². The van der Waals surface area contributed by atoms with Crippen molar-refractivity contribution in [1.29, 1.82) is 0 Å². The van der Waals surface area contributed by atoms with E-state index in [1.165, 1.54) is 12.1 Å². The van der Waals surface area contributed by atoms with Crippen molar-refractivity contribution in [1.82, 2.24) is 9.03 Å². The Morgan fingerprint density at radius 1 is 0.939 bits per heavy atom. The lowest BCUT2D eigenvalue weighted by Crippen LogP contribution is -2.42. The highest BCUT2D eigenvalue weighted by Gasteiger charge is 2.32. The van der Waals surface area contributed by atoms with E-state index in [-0.39, 0.29) is 19.7 Å². The normalized spacial score (nSPS) is 17.8. The van der Waals surface area contributed by atoms with Gasteiger partial charge in [-0.3, -0.25) is 4.79 Å². The second-order valence-corrected chi connectivity index (χ2v) is 19.3. The molecule has 0 saturated carbocycles. The van der Waals surface area contributed by atoms with Gasteiger partial charge in [0.2, 0.25) is 10.0 Å². The number of halogens is 5. The van der Waals surface area contributed by atoms with Crippen LogP contribution in [0.4, 0.5) is 14.5 Å². The Hall–Kier alpha value is -1.85. The van der Waals surface area contributed by atoms with Crippen molar-refractivity contribution >= 4 is 82.2 Å². The van der Waals surface area contributed by atoms with Gasteiger partial charge >= 0.3 is 5.97 Å². The fraction of sp³-hybridized carbons (Fsp3) is 0.469. The van der Waals surface area contributed by atoms with Gasteiger partial charge in [0.1, 0.15) is 26.2 Å². The molecule has 2 aliphatic rings. The fourth-order valence-corrected chi connectivity index (χ4v) is 12.0. The van der Waals surface area contributed by atoms with Gasteiger partial charge in [-0.15, -0.1) is 11.3 Å². The van der Waals surface area contributed by atoms with Gasteiger partial charge in [-0.1, -0.05) is 42.5 Å². The summed E-state index contributed by atoms with van der Waals surface area (Å²) < 4.78 is 84.3. The molecule has 5 rings (SSSR count). The Morgan fingerprint density at radius 2 is 1.53 bits per heavy atom. The first-order valence-electron chi connectivity index (χ1n) is 15.8. The Morgan fingerprint density at radius 3 is 2.06 bits per heavy atom. The lowest BCUT2D eigenvalue weighted by molar-refractivity contribution is -0.138. The highest BCUT2D eigenvalue weighted by atomic mass is 79.9. The summed E-state index contributed by atoms with van der Waals surface area (Å²) in [6.07, 6.45) is 6.32. The van der Waals surface area contributed by atoms with Crippen molar-refractivity contribution in [2.75, 3.05) is 31.1 Å². The Bertz CT molecular complexity index is 1840. The molecule has 17 heteroatoms. The van der Waals surface area contributed by atoms with Crippen LogP contribution in [0, 0.1) is 23.5 Å². The van der Waals surface area contributed by atoms with Gasteiger partial charge in [0.15, 0.2) is 0 Å². The van der Waals surface area contributed by atoms with Gasteiger partial charge in [0.05, 0.1) is 15.6 Å². The first-order chi connectivity index (χ1) is 23.1. The summed E-state index contributed by atoms with van der Waals surface area (Å²) in [5.41, 5.74) is 0.677. The van der Waals surface area contributed by atoms with E-state index in [9.17, 15) is 35.5 Å². The van der Waals surface area contributed by atoms with E-state index in [1.54, 1.807) is 16.4 Å². The molecule has 2 aromatic carbocycles. The molecule has 1 unspecified atom stereocenters. The van der Waals surface area contributed by atoms with Crippen molar-refractivity contribution in [3.05, 3.63) is 73.5 Å². The van der Waals surface area contributed by atoms with Crippen LogP contribution in [-0.4, -0.2) is 64.4 Å². The van der Waals surface area contributed by atoms with Crippen LogP contribution in [0.25, 0.3) is 0 Å². The number of sulfonamides is 2. The minimum atomic E-state index is -4.33. The predicted octanol–water partition coefficient (Wildman–Crippen LogP) is 7.56. The van der Waals surface area contributed by atoms with Crippen LogP contribution in [0.15, 0.2) is 56.0 Å². The molecule has 2 fully saturated rings. The maximum atomic E-state index is 13.6. The van der Waals surface area contributed by atoms with Crippen LogP contribution in [0.2, 0.25) is 9.36 Å². The number of piperidine rings is 2. The zero-order chi connectivity index (χ0) is 35.5. The number of carboxylic acid groups (broad SMARTS) is 1. The van der Waals surface area contributed by atoms with Gasteiger partial charge in [-0.2, -0.15) is 9.03 Å². The largest absolute Gasteiger partial charge is 0.480 e. The third-order valence-electron chi connectivity index (χ3n) is 9.16. The van der Waals surface area contributed by atoms with Crippen LogP contribution in [-0.2, 0) is 31.3 Å². The summed E-state index contributed by atoms with van der Waals surface area (Å²) >= 11 is 16.9. The average molecular weight is 844 g/mol. The van der Waals surface area contributed by atoms with Gasteiger partial charge in [0.25, 0.3) is 10.0 Å². The molecule has 268 valence electrons. The molecular weight excluding hydrogens is 807 g/mol. The molecule has 1 atom stereocenters. The molecule has 49 heavy (non-hydrogen) atoms. The molecule has 2 saturated heterocycles. The van der Waals surface area contributed by atoms with Crippen molar-refractivity contribution in [3.63, 3.8) is 0 Å². The van der Waals surface area contributed by atoms with Crippen LogP contribution < -0.4 is 9.62 Å². The minimum absolute atomic E-state index is 0.00654. The van der Waals surface area contributed by atoms with Gasteiger partial charge in [-0.25, -0.2) is 25.6 Å². The number of rotatable bonds is 13. The Labute approximate surface area is 307 Å². The summed E-state index contributed by atoms with van der Waals surface area (Å²) in [7, 11) is -7.87. The number of nitrogens with one attached hydrogen (secondary N) is 1. The third-order valence-corrected chi connectivity index (χ3v) is 15.8. The molecule has 2 N–H and O–H groups in total. The summed E-state index contributed by atoms with van der Waals surface area (Å²) in [5.74, 6) is -2.26. The minimum Gasteiger partial charge on any atom is -0.480 e. The molecule has 0 amide bonds. The number of nitrogens with zero attached hydrogens (tertiary/aromatic N) is 2. The molecule has 0 aliphatic carbocycles. The second-order valence-electron chi connectivity index (χ2n) is 12.5. The summed E-state index contributed by atoms with van der Waals surface area (Å²) in [4.78, 5) is 13.7. The molecule has 0 bridgehead atoms. The Kier molecular flexibility index (Phi) is 12.7. The molecule has 9 nitrogen and oxygen atoms in total. The molecular formula is C32H36BrCl2F2N3O6S3. The van der Waals surface area contributed by atoms with Crippen molar-refractivity contribution in [2.45, 2.75) is 66.5 Å². The molecule has 1 aromatic heterocycles. The third kappa shape index (κ3) is 9.73. The maximum Gasteiger partial charge on any atom is 0.322 e. The van der Waals surface area contributed by atoms with Gasteiger partial charge in [0, 0.05) is 36.7 Å². The number of carboxylic acids is 1. The summed E-state index contributed by atoms with van der Waals surface area (Å²) in [6, 6.07) is 6.69. The zero-order valence-electron chi connectivity index (χ0n) is 26.3. The number of benzene rings is 2. The van der Waals surface area contributed by atoms with Crippen LogP contribution in [0.3, 0.4) is 0 Å². The van der Waals surface area contributed by atoms with Gasteiger partial charge < -0.3 is 10.0 Å². The van der Waals surface area contributed by atoms with E-state index in [4.69, 9.17) is 23.2 Å². The topological polar surface area (TPSA) is 124 Å². The number of thiophene rings is 1. The lowest BCUT2D eigenvalue weighted by Gasteiger charge is -2.35. The molecule has 0 radical (unpaired) electrons. The highest BCUT2D eigenvalue weighted by molar-refractivity contribution is 9.10. The van der Waals surface area contributed by atoms with Crippen molar-refractivity contribution in [3.8, 4) is 0 Å². The van der Waals surface area contributed by atoms with E-state index in [0.717, 1.165) is 81.5 Å². The van der Waals surface area contributed by atoms with E-state index in [2.05, 4.69) is 25.6 Å². The van der Waals surface area contributed by atoms with Crippen LogP contribution in [0.1, 0.15) is 50.5 Å². The number of anilines is 1. The predicted molar refractivity (Wildman–Crippen MR) is 191 cm³/mol. The number of hydrogen-bond donors (Lipinski definition) is 2. The van der Waals surface area contributed by atoms with E-state index >= 15 is 0 Å². The Balaban J connectivity index is 1.07. The number of aliphatic carboxylic acids is 1. The zero-order valence-corrected chi connectivity index (χ0v) is 31.8. The molecule has 2 aliphatic heterocycles. The van der Waals surface area contributed by atoms with Crippen molar-refractivity contribution < 1.29 is 35.5 Å². The monoisotopic (exact) mass is 841 g/mol. The first-order valence-corrected chi connectivity index (χ1v) is 21.1. The quantitative estimate of drug-likeness (QED) is 0.182. The smallest absolute Gasteiger partial charge is 0.322 e. The average Bonchev–Trinajstić information content (AvgIpc) is 3.39. The highest BCUT2D eigenvalue weighted by Crippen LogP contribution is 2.38. The first kappa shape index (κ1) is 38.4. The number of carbonyl (C=O) groups is 1. The summed E-state index contributed by atoms with van der Waals surface area (Å²) in [6.45, 7) is 2.51. The maximum absolute atomic E-state index is 13.6. The molecule has 3 heterocycles. The van der Waals surface area contributed by atoms with Crippen LogP contribution in [0.5, 0.6) is 0 Å². The van der Waals surface area contributed by atoms with Gasteiger partial charge in [-0.05, 0) is 102 Å². The fourth-order valence-electron chi connectivity index (χ4n) is 6.49. The molecule has 3 aromatic rings. The van der Waals surface area contributed by atoms with E-state index < -0.39 is 50.1 Å².